The van der Waals surface area contributed by atoms with Crippen molar-refractivity contribution in [1.29, 1.82) is 0 Å². The Labute approximate surface area is 81.3 Å². The van der Waals surface area contributed by atoms with Gasteiger partial charge in [0.15, 0.2) is 0 Å². The van der Waals surface area contributed by atoms with E-state index in [1.807, 2.05) is 0 Å². The van der Waals surface area contributed by atoms with Gasteiger partial charge in [0.25, 0.3) is 0 Å². The maximum atomic E-state index is 10.4. The Kier molecular flexibility index (Phi) is 8.00. The molecule has 1 unspecified atom stereocenters. The van der Waals surface area contributed by atoms with Crippen molar-refractivity contribution < 1.29 is 9.90 Å². The number of hydrogen-bond acceptors (Lipinski definition) is 2. The van der Waals surface area contributed by atoms with Gasteiger partial charge < -0.3 is 9.90 Å². The molecular weight excluding hydrogens is 164 g/mol. The maximum Gasteiger partial charge on any atom is 0.148 e. The Morgan fingerprint density at radius 1 is 1.15 bits per heavy atom. The van der Waals surface area contributed by atoms with Crippen LogP contribution in [0.2, 0.25) is 0 Å². The van der Waals surface area contributed by atoms with Crippen molar-refractivity contribution in [2.45, 2.75) is 58.5 Å². The zero-order valence-corrected chi connectivity index (χ0v) is 8.83. The third kappa shape index (κ3) is 5.81. The molecule has 0 bridgehead atoms. The van der Waals surface area contributed by atoms with E-state index in [4.69, 9.17) is 0 Å². The molecule has 0 aromatic rings. The number of carbonyl (C=O) groups is 1. The van der Waals surface area contributed by atoms with E-state index >= 15 is 0 Å². The highest BCUT2D eigenvalue weighted by Gasteiger charge is 2.16. The molecule has 2 heteroatoms. The van der Waals surface area contributed by atoms with Crippen molar-refractivity contribution in [2.24, 2.45) is 5.92 Å². The van der Waals surface area contributed by atoms with Crippen LogP contribution in [0.4, 0.5) is 0 Å². The summed E-state index contributed by atoms with van der Waals surface area (Å²) in [5.41, 5.74) is 0. The Morgan fingerprint density at radius 3 is 1.92 bits per heavy atom. The van der Waals surface area contributed by atoms with Crippen LogP contribution >= 0.6 is 0 Å². The van der Waals surface area contributed by atoms with Crippen molar-refractivity contribution in [3.63, 3.8) is 0 Å². The summed E-state index contributed by atoms with van der Waals surface area (Å²) in [5.74, 6) is 0.192. The Bertz CT molecular complexity index is 115. The molecule has 0 amide bonds. The van der Waals surface area contributed by atoms with Gasteiger partial charge in [-0.3, -0.25) is 0 Å². The first-order valence-electron chi connectivity index (χ1n) is 5.39. The summed E-state index contributed by atoms with van der Waals surface area (Å²) in [7, 11) is 0. The molecular formula is C11H22O2. The molecule has 0 aromatic carbocycles. The summed E-state index contributed by atoms with van der Waals surface area (Å²) in [6, 6.07) is 0. The van der Waals surface area contributed by atoms with Crippen molar-refractivity contribution in [3.8, 4) is 0 Å². The molecule has 0 saturated heterocycles. The van der Waals surface area contributed by atoms with Gasteiger partial charge in [0.05, 0.1) is 0 Å². The van der Waals surface area contributed by atoms with Gasteiger partial charge in [-0.2, -0.15) is 0 Å². The smallest absolute Gasteiger partial charge is 0.148 e. The molecule has 0 aliphatic heterocycles. The first-order chi connectivity index (χ1) is 6.26. The molecule has 1 N–H and O–H groups in total. The minimum absolute atomic E-state index is 0.192. The van der Waals surface area contributed by atoms with E-state index in [-0.39, 0.29) is 5.92 Å². The summed E-state index contributed by atoms with van der Waals surface area (Å²) in [6.45, 7) is 4.26. The zero-order chi connectivity index (χ0) is 10.1. The highest BCUT2D eigenvalue weighted by Crippen LogP contribution is 2.18. The third-order valence-electron chi connectivity index (χ3n) is 2.48. The van der Waals surface area contributed by atoms with E-state index < -0.39 is 6.10 Å². The van der Waals surface area contributed by atoms with Gasteiger partial charge in [0.2, 0.25) is 0 Å². The van der Waals surface area contributed by atoms with Gasteiger partial charge in [-0.05, 0) is 18.8 Å². The van der Waals surface area contributed by atoms with Gasteiger partial charge in [0.1, 0.15) is 12.4 Å². The Balaban J connectivity index is 3.79. The van der Waals surface area contributed by atoms with Crippen molar-refractivity contribution >= 4 is 6.29 Å². The molecule has 0 aliphatic rings. The number of hydrogen-bond donors (Lipinski definition) is 1. The average Bonchev–Trinajstić information content (AvgIpc) is 2.17. The van der Waals surface area contributed by atoms with Crippen LogP contribution in [0.25, 0.3) is 0 Å². The van der Waals surface area contributed by atoms with Crippen LogP contribution < -0.4 is 0 Å². The highest BCUT2D eigenvalue weighted by molar-refractivity contribution is 5.55. The number of carbonyl (C=O) groups excluding carboxylic acids is 1. The number of aliphatic hydroxyl groups excluding tert-OH is 1. The number of rotatable bonds is 8. The fourth-order valence-corrected chi connectivity index (χ4v) is 1.53. The minimum atomic E-state index is -0.738. The summed E-state index contributed by atoms with van der Waals surface area (Å²) in [5, 5.41) is 9.40. The van der Waals surface area contributed by atoms with Gasteiger partial charge >= 0.3 is 0 Å². The lowest BCUT2D eigenvalue weighted by molar-refractivity contribution is -0.117. The SMILES string of the molecule is CCCCC(CCCC)C(O)C=O. The van der Waals surface area contributed by atoms with Crippen LogP contribution in [0.5, 0.6) is 0 Å². The van der Waals surface area contributed by atoms with E-state index in [9.17, 15) is 9.90 Å². The molecule has 1 atom stereocenters. The molecule has 0 aromatic heterocycles. The number of unbranched alkanes of at least 4 members (excludes halogenated alkanes) is 2. The lowest BCUT2D eigenvalue weighted by Crippen LogP contribution is -2.21. The molecule has 0 radical (unpaired) electrons. The Hall–Kier alpha value is -0.370. The molecule has 13 heavy (non-hydrogen) atoms. The zero-order valence-electron chi connectivity index (χ0n) is 8.83. The Morgan fingerprint density at radius 2 is 1.62 bits per heavy atom. The second-order valence-electron chi connectivity index (χ2n) is 3.67. The van der Waals surface area contributed by atoms with Crippen molar-refractivity contribution in [2.75, 3.05) is 0 Å². The van der Waals surface area contributed by atoms with Crippen LogP contribution in [-0.2, 0) is 4.79 Å². The highest BCUT2D eigenvalue weighted by atomic mass is 16.3. The number of aliphatic hydroxyl groups is 1. The molecule has 0 spiro atoms. The molecule has 0 heterocycles. The lowest BCUT2D eigenvalue weighted by atomic mass is 9.91. The monoisotopic (exact) mass is 186 g/mol. The van der Waals surface area contributed by atoms with Crippen molar-refractivity contribution in [1.82, 2.24) is 0 Å². The molecule has 2 nitrogen and oxygen atoms in total. The van der Waals surface area contributed by atoms with Crippen LogP contribution in [0.1, 0.15) is 52.4 Å². The predicted octanol–water partition coefficient (Wildman–Crippen LogP) is 2.54. The second kappa shape index (κ2) is 8.24. The van der Waals surface area contributed by atoms with E-state index in [1.54, 1.807) is 0 Å². The minimum Gasteiger partial charge on any atom is -0.385 e. The molecule has 0 fully saturated rings. The van der Waals surface area contributed by atoms with E-state index in [1.165, 1.54) is 0 Å². The maximum absolute atomic E-state index is 10.4. The van der Waals surface area contributed by atoms with Crippen molar-refractivity contribution in [3.05, 3.63) is 0 Å². The predicted molar refractivity (Wildman–Crippen MR) is 54.6 cm³/mol. The van der Waals surface area contributed by atoms with Crippen LogP contribution in [0, 0.1) is 5.92 Å². The van der Waals surface area contributed by atoms with Gasteiger partial charge in [0, 0.05) is 0 Å². The summed E-state index contributed by atoms with van der Waals surface area (Å²) >= 11 is 0. The normalized spacial score (nSPS) is 13.2. The molecule has 0 rings (SSSR count). The van der Waals surface area contributed by atoms with Gasteiger partial charge in [-0.25, -0.2) is 0 Å². The first kappa shape index (κ1) is 12.6. The quantitative estimate of drug-likeness (QED) is 0.591. The van der Waals surface area contributed by atoms with E-state index in [0.29, 0.717) is 6.29 Å². The first-order valence-corrected chi connectivity index (χ1v) is 5.39. The largest absolute Gasteiger partial charge is 0.385 e. The average molecular weight is 186 g/mol. The fraction of sp³-hybridized carbons (Fsp3) is 0.909. The molecule has 0 saturated carbocycles. The third-order valence-corrected chi connectivity index (χ3v) is 2.48. The van der Waals surface area contributed by atoms with Gasteiger partial charge in [-0.15, -0.1) is 0 Å². The summed E-state index contributed by atoms with van der Waals surface area (Å²) in [6.07, 6.45) is 6.39. The summed E-state index contributed by atoms with van der Waals surface area (Å²) in [4.78, 5) is 10.4. The van der Waals surface area contributed by atoms with Crippen LogP contribution in [0.3, 0.4) is 0 Å². The second-order valence-corrected chi connectivity index (χ2v) is 3.67. The van der Waals surface area contributed by atoms with Crippen LogP contribution in [0.15, 0.2) is 0 Å². The number of aldehydes is 1. The molecule has 78 valence electrons. The van der Waals surface area contributed by atoms with Gasteiger partial charge in [-0.1, -0.05) is 39.5 Å². The van der Waals surface area contributed by atoms with Crippen LogP contribution in [-0.4, -0.2) is 17.5 Å². The standard InChI is InChI=1S/C11H22O2/c1-3-5-7-10(8-6-4-2)11(13)9-12/h9-11,13H,3-8H2,1-2H3. The molecule has 0 aliphatic carbocycles. The van der Waals surface area contributed by atoms with E-state index in [0.717, 1.165) is 38.5 Å². The summed E-state index contributed by atoms with van der Waals surface area (Å²) < 4.78 is 0. The fourth-order valence-electron chi connectivity index (χ4n) is 1.53. The topological polar surface area (TPSA) is 37.3 Å². The van der Waals surface area contributed by atoms with E-state index in [2.05, 4.69) is 13.8 Å². The lowest BCUT2D eigenvalue weighted by Gasteiger charge is -2.17.